The highest BCUT2D eigenvalue weighted by atomic mass is 16.2. The molecule has 0 radical (unpaired) electrons. The molecule has 10 heteroatoms. The van der Waals surface area contributed by atoms with Crippen molar-refractivity contribution in [2.75, 3.05) is 74.5 Å². The number of benzene rings is 1. The molecule has 2 saturated heterocycles. The van der Waals surface area contributed by atoms with Gasteiger partial charge in [0.1, 0.15) is 0 Å². The molecule has 0 spiro atoms. The molecule has 2 fully saturated rings. The van der Waals surface area contributed by atoms with Gasteiger partial charge in [-0.15, -0.1) is 0 Å². The Bertz CT molecular complexity index is 1070. The first-order chi connectivity index (χ1) is 16.9. The van der Waals surface area contributed by atoms with E-state index in [1.165, 1.54) is 11.8 Å². The molecule has 1 aromatic carbocycles. The van der Waals surface area contributed by atoms with Crippen molar-refractivity contribution in [2.45, 2.75) is 13.3 Å². The molecule has 35 heavy (non-hydrogen) atoms. The quantitative estimate of drug-likeness (QED) is 0.576. The Morgan fingerprint density at radius 1 is 1.00 bits per heavy atom. The molecular weight excluding hydrogens is 444 g/mol. The van der Waals surface area contributed by atoms with Crippen LogP contribution in [0.1, 0.15) is 23.1 Å². The molecular formula is C25H34N8O2. The Balaban J connectivity index is 1.55. The van der Waals surface area contributed by atoms with Gasteiger partial charge in [0.05, 0.1) is 5.69 Å². The van der Waals surface area contributed by atoms with Crippen LogP contribution in [0.4, 0.5) is 23.0 Å². The van der Waals surface area contributed by atoms with Crippen LogP contribution < -0.4 is 20.9 Å². The second-order valence-electron chi connectivity index (χ2n) is 8.89. The predicted molar refractivity (Wildman–Crippen MR) is 138 cm³/mol. The van der Waals surface area contributed by atoms with Crippen LogP contribution in [0.2, 0.25) is 0 Å². The first-order valence-electron chi connectivity index (χ1n) is 12.1. The number of aryl methyl sites for hydroxylation is 1. The van der Waals surface area contributed by atoms with Gasteiger partial charge in [0.15, 0.2) is 17.3 Å². The fourth-order valence-corrected chi connectivity index (χ4v) is 4.44. The van der Waals surface area contributed by atoms with Crippen molar-refractivity contribution in [3.63, 3.8) is 0 Å². The molecule has 0 saturated carbocycles. The zero-order valence-electron chi connectivity index (χ0n) is 20.5. The Labute approximate surface area is 206 Å². The summed E-state index contributed by atoms with van der Waals surface area (Å²) in [5, 5.41) is 3.25. The van der Waals surface area contributed by atoms with E-state index in [9.17, 15) is 9.59 Å². The normalized spacial score (nSPS) is 16.8. The van der Waals surface area contributed by atoms with Crippen LogP contribution in [-0.4, -0.2) is 91.0 Å². The largest absolute Gasteiger partial charge is 0.369 e. The molecule has 0 bridgehead atoms. The predicted octanol–water partition coefficient (Wildman–Crippen LogP) is 1.47. The number of likely N-dealkylation sites (N-methyl/N-ethyl adjacent to an activating group) is 1. The topological polar surface area (TPSA) is 111 Å². The molecule has 10 nitrogen and oxygen atoms in total. The van der Waals surface area contributed by atoms with Gasteiger partial charge in [0.2, 0.25) is 5.91 Å². The number of hydrogen-bond acceptors (Lipinski definition) is 8. The minimum atomic E-state index is -0.628. The second-order valence-corrected chi connectivity index (χ2v) is 8.89. The van der Waals surface area contributed by atoms with Crippen molar-refractivity contribution in [1.29, 1.82) is 0 Å². The Kier molecular flexibility index (Phi) is 7.50. The monoisotopic (exact) mass is 478 g/mol. The van der Waals surface area contributed by atoms with Crippen LogP contribution in [0.25, 0.3) is 0 Å². The molecule has 186 valence electrons. The summed E-state index contributed by atoms with van der Waals surface area (Å²) in [6.45, 7) is 12.0. The van der Waals surface area contributed by atoms with E-state index in [-0.39, 0.29) is 11.6 Å². The van der Waals surface area contributed by atoms with Crippen LogP contribution >= 0.6 is 0 Å². The minimum absolute atomic E-state index is 0.0714. The van der Waals surface area contributed by atoms with Crippen molar-refractivity contribution in [3.8, 4) is 0 Å². The summed E-state index contributed by atoms with van der Waals surface area (Å²) in [5.41, 5.74) is 8.45. The standard InChI is InChI=1S/C25H34N8O2/c1-4-20-25(33-16-14-32(15-17-33)21(34)5-2)29-24(22(28-20)23(26)35)27-18-6-8-19(9-7-18)31-12-10-30(3)11-13-31/h5-9H,2,4,10-17H2,1,3H3,(H2,26,35)(H,27,29). The van der Waals surface area contributed by atoms with Crippen LogP contribution in [0.5, 0.6) is 0 Å². The van der Waals surface area contributed by atoms with E-state index >= 15 is 0 Å². The number of carbonyl (C=O) groups is 2. The number of aromatic nitrogens is 2. The summed E-state index contributed by atoms with van der Waals surface area (Å²) in [7, 11) is 2.14. The average molecular weight is 479 g/mol. The molecule has 3 N–H and O–H groups in total. The van der Waals surface area contributed by atoms with Gasteiger partial charge in [-0.25, -0.2) is 9.97 Å². The number of hydrogen-bond donors (Lipinski definition) is 2. The van der Waals surface area contributed by atoms with Gasteiger partial charge in [-0.3, -0.25) is 9.59 Å². The van der Waals surface area contributed by atoms with Gasteiger partial charge in [-0.1, -0.05) is 13.5 Å². The van der Waals surface area contributed by atoms with E-state index in [1.807, 2.05) is 19.1 Å². The van der Waals surface area contributed by atoms with Gasteiger partial charge >= 0.3 is 0 Å². The third-order valence-electron chi connectivity index (χ3n) is 6.58. The molecule has 0 aliphatic carbocycles. The molecule has 2 amide bonds. The maximum Gasteiger partial charge on any atom is 0.271 e. The highest BCUT2D eigenvalue weighted by Gasteiger charge is 2.25. The number of nitrogens with zero attached hydrogens (tertiary/aromatic N) is 6. The Morgan fingerprint density at radius 3 is 2.20 bits per heavy atom. The number of nitrogens with two attached hydrogens (primary N) is 1. The zero-order chi connectivity index (χ0) is 24.9. The van der Waals surface area contributed by atoms with Gasteiger partial charge in [0.25, 0.3) is 5.91 Å². The van der Waals surface area contributed by atoms with Crippen LogP contribution in [0, 0.1) is 0 Å². The number of anilines is 4. The summed E-state index contributed by atoms with van der Waals surface area (Å²) in [5.74, 6) is 0.344. The van der Waals surface area contributed by atoms with E-state index in [4.69, 9.17) is 10.7 Å². The summed E-state index contributed by atoms with van der Waals surface area (Å²) in [4.78, 5) is 42.1. The number of amides is 2. The molecule has 4 rings (SSSR count). The van der Waals surface area contributed by atoms with E-state index < -0.39 is 5.91 Å². The van der Waals surface area contributed by atoms with Gasteiger partial charge < -0.3 is 30.7 Å². The lowest BCUT2D eigenvalue weighted by molar-refractivity contribution is -0.126. The Hall–Kier alpha value is -3.66. The summed E-state index contributed by atoms with van der Waals surface area (Å²) < 4.78 is 0. The minimum Gasteiger partial charge on any atom is -0.369 e. The number of carbonyl (C=O) groups excluding carboxylic acids is 2. The van der Waals surface area contributed by atoms with E-state index in [2.05, 4.69) is 50.8 Å². The number of nitrogens with one attached hydrogen (secondary N) is 1. The summed E-state index contributed by atoms with van der Waals surface area (Å²) in [6, 6.07) is 8.10. The highest BCUT2D eigenvalue weighted by Crippen LogP contribution is 2.27. The fraction of sp³-hybridized carbons (Fsp3) is 0.440. The van der Waals surface area contributed by atoms with E-state index in [1.54, 1.807) is 4.90 Å². The molecule has 2 aliphatic rings. The second kappa shape index (κ2) is 10.7. The first-order valence-corrected chi connectivity index (χ1v) is 12.1. The van der Waals surface area contributed by atoms with Crippen LogP contribution in [0.15, 0.2) is 36.9 Å². The van der Waals surface area contributed by atoms with Crippen molar-refractivity contribution in [2.24, 2.45) is 5.73 Å². The molecule has 3 heterocycles. The molecule has 0 unspecified atom stereocenters. The lowest BCUT2D eigenvalue weighted by Crippen LogP contribution is -2.49. The fourth-order valence-electron chi connectivity index (χ4n) is 4.44. The van der Waals surface area contributed by atoms with Crippen LogP contribution in [-0.2, 0) is 11.2 Å². The molecule has 0 atom stereocenters. The van der Waals surface area contributed by atoms with E-state index in [0.717, 1.165) is 31.9 Å². The number of rotatable bonds is 7. The SMILES string of the molecule is C=CC(=O)N1CCN(c2nc(Nc3ccc(N4CCN(C)CC4)cc3)c(C(N)=O)nc2CC)CC1. The lowest BCUT2D eigenvalue weighted by Gasteiger charge is -2.35. The van der Waals surface area contributed by atoms with Gasteiger partial charge in [-0.2, -0.15) is 0 Å². The first kappa shape index (κ1) is 24.5. The lowest BCUT2D eigenvalue weighted by atomic mass is 10.2. The third-order valence-corrected chi connectivity index (χ3v) is 6.58. The van der Waals surface area contributed by atoms with Crippen molar-refractivity contribution in [1.82, 2.24) is 19.8 Å². The summed E-state index contributed by atoms with van der Waals surface area (Å²) in [6.07, 6.45) is 1.94. The molecule has 2 aromatic rings. The van der Waals surface area contributed by atoms with E-state index in [0.29, 0.717) is 49.9 Å². The summed E-state index contributed by atoms with van der Waals surface area (Å²) >= 11 is 0. The number of piperazine rings is 2. The Morgan fingerprint density at radius 2 is 1.63 bits per heavy atom. The zero-order valence-corrected chi connectivity index (χ0v) is 20.5. The maximum atomic E-state index is 12.2. The number of primary amides is 1. The molecule has 2 aliphatic heterocycles. The average Bonchev–Trinajstić information content (AvgIpc) is 2.89. The molecule has 1 aromatic heterocycles. The van der Waals surface area contributed by atoms with Crippen molar-refractivity contribution < 1.29 is 9.59 Å². The maximum absolute atomic E-state index is 12.2. The smallest absolute Gasteiger partial charge is 0.271 e. The van der Waals surface area contributed by atoms with Gasteiger partial charge in [0, 0.05) is 63.7 Å². The highest BCUT2D eigenvalue weighted by molar-refractivity contribution is 5.96. The third kappa shape index (κ3) is 5.54. The van der Waals surface area contributed by atoms with Gasteiger partial charge in [-0.05, 0) is 43.8 Å². The van der Waals surface area contributed by atoms with Crippen molar-refractivity contribution in [3.05, 3.63) is 48.3 Å². The van der Waals surface area contributed by atoms with Crippen molar-refractivity contribution >= 4 is 34.8 Å². The van der Waals surface area contributed by atoms with Crippen LogP contribution in [0.3, 0.4) is 0 Å².